The molecule has 10 heteroatoms. The minimum Gasteiger partial charge on any atom is -0.366 e. The Bertz CT molecular complexity index is 1210. The second kappa shape index (κ2) is 11.1. The van der Waals surface area contributed by atoms with E-state index in [0.29, 0.717) is 34.1 Å². The Hall–Kier alpha value is -3.11. The first kappa shape index (κ1) is 25.0. The summed E-state index contributed by atoms with van der Waals surface area (Å²) in [4.78, 5) is 35.6. The molecule has 0 spiro atoms. The first-order chi connectivity index (χ1) is 16.9. The number of nitro benzene ring substituents is 1. The van der Waals surface area contributed by atoms with Crippen molar-refractivity contribution in [2.75, 3.05) is 49.1 Å². The summed E-state index contributed by atoms with van der Waals surface area (Å²) >= 11 is 1.24. The number of aromatic nitrogens is 1. The zero-order valence-electron chi connectivity index (χ0n) is 20.1. The summed E-state index contributed by atoms with van der Waals surface area (Å²) in [5.41, 5.74) is 1.34. The van der Waals surface area contributed by atoms with Gasteiger partial charge in [0.1, 0.15) is 11.5 Å². The first-order valence-electron chi connectivity index (χ1n) is 12.0. The highest BCUT2D eigenvalue weighted by molar-refractivity contribution is 7.22. The average Bonchev–Trinajstić information content (AvgIpc) is 3.29. The maximum absolute atomic E-state index is 13.8. The van der Waals surface area contributed by atoms with Gasteiger partial charge >= 0.3 is 0 Å². The molecular weight excluding hydrogens is 469 g/mol. The summed E-state index contributed by atoms with van der Waals surface area (Å²) in [7, 11) is 0. The molecule has 2 aromatic carbocycles. The van der Waals surface area contributed by atoms with Crippen molar-refractivity contribution in [3.8, 4) is 0 Å². The van der Waals surface area contributed by atoms with Crippen molar-refractivity contribution in [2.24, 2.45) is 0 Å². The largest absolute Gasteiger partial charge is 0.366 e. The molecule has 186 valence electrons. The number of hydrogen-bond acceptors (Lipinski definition) is 7. The maximum Gasteiger partial charge on any atom is 0.293 e. The van der Waals surface area contributed by atoms with Gasteiger partial charge < -0.3 is 9.80 Å². The van der Waals surface area contributed by atoms with E-state index in [0.717, 1.165) is 45.4 Å². The highest BCUT2D eigenvalue weighted by atomic mass is 32.1. The molecule has 0 saturated carbocycles. The number of benzene rings is 2. The van der Waals surface area contributed by atoms with E-state index in [1.807, 2.05) is 4.90 Å². The maximum atomic E-state index is 13.8. The normalized spacial score (nSPS) is 14.0. The Labute approximate surface area is 208 Å². The lowest BCUT2D eigenvalue weighted by Crippen LogP contribution is -2.39. The third-order valence-corrected chi connectivity index (χ3v) is 7.51. The van der Waals surface area contributed by atoms with Crippen LogP contribution < -0.4 is 9.80 Å². The van der Waals surface area contributed by atoms with Gasteiger partial charge in [0.05, 0.1) is 15.1 Å². The molecule has 35 heavy (non-hydrogen) atoms. The van der Waals surface area contributed by atoms with Gasteiger partial charge in [-0.2, -0.15) is 0 Å². The molecular formula is C25H30FN5O3S. The number of carbonyl (C=O) groups excluding carboxylic acids is 1. The number of nitrogens with zero attached hydrogens (tertiary/aromatic N) is 5. The summed E-state index contributed by atoms with van der Waals surface area (Å²) in [6.07, 6.45) is 3.11. The molecule has 2 heterocycles. The van der Waals surface area contributed by atoms with E-state index in [-0.39, 0.29) is 23.0 Å². The number of rotatable bonds is 9. The summed E-state index contributed by atoms with van der Waals surface area (Å²) < 4.78 is 14.4. The van der Waals surface area contributed by atoms with E-state index in [9.17, 15) is 19.3 Å². The Morgan fingerprint density at radius 2 is 1.86 bits per heavy atom. The minimum absolute atomic E-state index is 0.0622. The summed E-state index contributed by atoms with van der Waals surface area (Å²) in [6.45, 7) is 8.30. The van der Waals surface area contributed by atoms with Gasteiger partial charge in [-0.05, 0) is 62.7 Å². The third-order valence-electron chi connectivity index (χ3n) is 6.47. The van der Waals surface area contributed by atoms with Gasteiger partial charge in [0, 0.05) is 37.8 Å². The van der Waals surface area contributed by atoms with Gasteiger partial charge in [0.2, 0.25) is 0 Å². The number of thiazole rings is 1. The van der Waals surface area contributed by atoms with Crippen molar-refractivity contribution in [1.82, 2.24) is 9.88 Å². The van der Waals surface area contributed by atoms with Gasteiger partial charge in [0.15, 0.2) is 5.13 Å². The summed E-state index contributed by atoms with van der Waals surface area (Å²) in [5, 5.41) is 12.4. The fourth-order valence-electron chi connectivity index (χ4n) is 4.43. The molecule has 0 radical (unpaired) electrons. The van der Waals surface area contributed by atoms with Crippen LogP contribution in [0.5, 0.6) is 0 Å². The first-order valence-corrected chi connectivity index (χ1v) is 12.9. The van der Waals surface area contributed by atoms with Crippen LogP contribution in [0.25, 0.3) is 10.2 Å². The number of hydrogen-bond donors (Lipinski definition) is 0. The van der Waals surface area contributed by atoms with E-state index in [1.165, 1.54) is 29.5 Å². The zero-order valence-corrected chi connectivity index (χ0v) is 20.9. The predicted octanol–water partition coefficient (Wildman–Crippen LogP) is 5.32. The predicted molar refractivity (Wildman–Crippen MR) is 138 cm³/mol. The van der Waals surface area contributed by atoms with Crippen LogP contribution in [0.4, 0.5) is 20.9 Å². The fraction of sp³-hybridized carbons (Fsp3) is 0.440. The van der Waals surface area contributed by atoms with Gasteiger partial charge in [0.25, 0.3) is 11.6 Å². The standard InChI is InChI=1S/C25H30FN5O3S/c1-3-28(4-2)14-15-30(25-27-20-10-9-19(26)17-23(20)35-25)24(32)18-8-11-21(22(16-18)31(33)34)29-12-6-5-7-13-29/h8-11,16-17H,3-7,12-15H2,1-2H3. The van der Waals surface area contributed by atoms with Crippen molar-refractivity contribution in [3.05, 3.63) is 57.9 Å². The highest BCUT2D eigenvalue weighted by Gasteiger charge is 2.27. The molecule has 0 aliphatic carbocycles. The molecule has 0 unspecified atom stereocenters. The topological polar surface area (TPSA) is 82.8 Å². The van der Waals surface area contributed by atoms with Crippen LogP contribution in [0.3, 0.4) is 0 Å². The molecule has 0 atom stereocenters. The molecule has 3 aromatic rings. The molecule has 1 amide bonds. The highest BCUT2D eigenvalue weighted by Crippen LogP contribution is 2.34. The van der Waals surface area contributed by atoms with Crippen LogP contribution in [-0.2, 0) is 0 Å². The molecule has 0 N–H and O–H groups in total. The van der Waals surface area contributed by atoms with Gasteiger partial charge in [-0.1, -0.05) is 25.2 Å². The Morgan fingerprint density at radius 1 is 1.11 bits per heavy atom. The van der Waals surface area contributed by atoms with Gasteiger partial charge in [-0.3, -0.25) is 19.8 Å². The van der Waals surface area contributed by atoms with Crippen molar-refractivity contribution >= 4 is 44.0 Å². The van der Waals surface area contributed by atoms with Crippen molar-refractivity contribution in [1.29, 1.82) is 0 Å². The Kier molecular flexibility index (Phi) is 7.92. The summed E-state index contributed by atoms with van der Waals surface area (Å²) in [6, 6.07) is 9.07. The van der Waals surface area contributed by atoms with Crippen molar-refractivity contribution in [3.63, 3.8) is 0 Å². The molecule has 8 nitrogen and oxygen atoms in total. The number of likely N-dealkylation sites (N-methyl/N-ethyl adjacent to an activating group) is 1. The van der Waals surface area contributed by atoms with Crippen molar-refractivity contribution < 1.29 is 14.1 Å². The number of nitro groups is 1. The number of anilines is 2. The van der Waals surface area contributed by atoms with Crippen LogP contribution in [0.2, 0.25) is 0 Å². The SMILES string of the molecule is CCN(CC)CCN(C(=O)c1ccc(N2CCCCC2)c([N+](=O)[O-])c1)c1nc2ccc(F)cc2s1. The molecule has 1 fully saturated rings. The Balaban J connectivity index is 1.69. The molecule has 1 saturated heterocycles. The lowest BCUT2D eigenvalue weighted by atomic mass is 10.1. The second-order valence-electron chi connectivity index (χ2n) is 8.60. The summed E-state index contributed by atoms with van der Waals surface area (Å²) in [5.74, 6) is -0.720. The number of halogens is 1. The van der Waals surface area contributed by atoms with Crippen LogP contribution in [0.15, 0.2) is 36.4 Å². The number of fused-ring (bicyclic) bond motifs is 1. The second-order valence-corrected chi connectivity index (χ2v) is 9.61. The average molecular weight is 500 g/mol. The van der Waals surface area contributed by atoms with Crippen LogP contribution in [-0.4, -0.2) is 60.0 Å². The number of amides is 1. The minimum atomic E-state index is -0.415. The quantitative estimate of drug-likeness (QED) is 0.293. The lowest BCUT2D eigenvalue weighted by Gasteiger charge is -2.28. The lowest BCUT2D eigenvalue weighted by molar-refractivity contribution is -0.384. The zero-order chi connectivity index (χ0) is 24.9. The van der Waals surface area contributed by atoms with Crippen LogP contribution >= 0.6 is 11.3 Å². The smallest absolute Gasteiger partial charge is 0.293 e. The number of piperidine rings is 1. The van der Waals surface area contributed by atoms with Gasteiger partial charge in [-0.15, -0.1) is 0 Å². The molecule has 1 aromatic heterocycles. The van der Waals surface area contributed by atoms with E-state index in [4.69, 9.17) is 0 Å². The molecule has 4 rings (SSSR count). The Morgan fingerprint density at radius 3 is 2.54 bits per heavy atom. The van der Waals surface area contributed by atoms with Crippen molar-refractivity contribution in [2.45, 2.75) is 33.1 Å². The van der Waals surface area contributed by atoms with Crippen LogP contribution in [0, 0.1) is 15.9 Å². The van der Waals surface area contributed by atoms with Gasteiger partial charge in [-0.25, -0.2) is 9.37 Å². The molecule has 0 bridgehead atoms. The van der Waals surface area contributed by atoms with Crippen LogP contribution in [0.1, 0.15) is 43.5 Å². The third kappa shape index (κ3) is 5.59. The fourth-order valence-corrected chi connectivity index (χ4v) is 5.44. The molecule has 1 aliphatic heterocycles. The monoisotopic (exact) mass is 499 g/mol. The van der Waals surface area contributed by atoms with E-state index in [2.05, 4.69) is 23.7 Å². The van der Waals surface area contributed by atoms with E-state index < -0.39 is 4.92 Å². The molecule has 1 aliphatic rings. The number of carbonyl (C=O) groups is 1. The van der Waals surface area contributed by atoms with E-state index in [1.54, 1.807) is 23.1 Å². The van der Waals surface area contributed by atoms with E-state index >= 15 is 0 Å².